The van der Waals surface area contributed by atoms with Crippen LogP contribution in [0.1, 0.15) is 5.56 Å². The molecule has 2 aromatic rings. The quantitative estimate of drug-likeness (QED) is 0.434. The summed E-state index contributed by atoms with van der Waals surface area (Å²) in [6, 6.07) is 6.72. The summed E-state index contributed by atoms with van der Waals surface area (Å²) in [4.78, 5) is 35.0. The van der Waals surface area contributed by atoms with Crippen LogP contribution >= 0.6 is 0 Å². The third-order valence-electron chi connectivity index (χ3n) is 3.47. The lowest BCUT2D eigenvalue weighted by Gasteiger charge is -2.10. The Bertz CT molecular complexity index is 848. The molecule has 148 valence electrons. The Kier molecular flexibility index (Phi) is 6.23. The van der Waals surface area contributed by atoms with Crippen molar-refractivity contribution in [1.29, 1.82) is 0 Å². The number of ether oxygens (including phenoxy) is 2. The normalized spacial score (nSPS) is 15.7. The van der Waals surface area contributed by atoms with Crippen molar-refractivity contribution in [2.24, 2.45) is 0 Å². The standard InChI is InChI=1S/C16H19N7O5/c24-14-22-12-17-4-5-18-15(25)27-6-7-28-16(26)19-9-10-2-1-3-11(8-10)20-13(21-12)23-14/h1-3,8H,4-7,9H2,(H,18,25)(H,19,26)(H3,17,20,21,22,23,24). The van der Waals surface area contributed by atoms with Gasteiger partial charge in [0, 0.05) is 25.3 Å². The molecule has 3 rings (SSSR count). The molecule has 0 fully saturated rings. The van der Waals surface area contributed by atoms with E-state index >= 15 is 0 Å². The Morgan fingerprint density at radius 2 is 1.61 bits per heavy atom. The molecule has 5 N–H and O–H groups in total. The van der Waals surface area contributed by atoms with Crippen LogP contribution in [0.2, 0.25) is 0 Å². The number of cyclic esters (lactones) is 2. The lowest BCUT2D eigenvalue weighted by atomic mass is 10.2. The molecule has 0 spiro atoms. The van der Waals surface area contributed by atoms with Gasteiger partial charge in [-0.15, -0.1) is 0 Å². The third-order valence-corrected chi connectivity index (χ3v) is 3.47. The van der Waals surface area contributed by atoms with E-state index in [1.54, 1.807) is 18.2 Å². The molecule has 4 bridgehead atoms. The van der Waals surface area contributed by atoms with Crippen LogP contribution in [0.25, 0.3) is 0 Å². The highest BCUT2D eigenvalue weighted by Crippen LogP contribution is 2.17. The zero-order chi connectivity index (χ0) is 19.8. The van der Waals surface area contributed by atoms with Crippen LogP contribution < -0.4 is 21.3 Å². The fourth-order valence-corrected chi connectivity index (χ4v) is 2.27. The SMILES string of the molecule is O=C1NCCNc2nc(O)nc(n2)Nc2cccc(c2)CNC(=O)OCCO1. The van der Waals surface area contributed by atoms with E-state index in [9.17, 15) is 14.7 Å². The molecule has 0 aliphatic carbocycles. The molecule has 2 amide bonds. The van der Waals surface area contributed by atoms with Crippen LogP contribution in [0.5, 0.6) is 6.01 Å². The van der Waals surface area contributed by atoms with Gasteiger partial charge in [-0.05, 0) is 17.7 Å². The van der Waals surface area contributed by atoms with Crippen molar-refractivity contribution < 1.29 is 24.2 Å². The molecule has 1 aliphatic rings. The first kappa shape index (κ1) is 18.9. The van der Waals surface area contributed by atoms with Gasteiger partial charge in [0.05, 0.1) is 0 Å². The molecule has 0 atom stereocenters. The van der Waals surface area contributed by atoms with Crippen molar-refractivity contribution in [3.05, 3.63) is 29.8 Å². The molecule has 0 unspecified atom stereocenters. The predicted octanol–water partition coefficient (Wildman–Crippen LogP) is 0.699. The number of carbonyl (C=O) groups excluding carboxylic acids is 2. The number of amides is 2. The van der Waals surface area contributed by atoms with Gasteiger partial charge in [0.2, 0.25) is 11.9 Å². The van der Waals surface area contributed by atoms with E-state index in [1.807, 2.05) is 6.07 Å². The molecular formula is C16H19N7O5. The lowest BCUT2D eigenvalue weighted by molar-refractivity contribution is 0.0957. The summed E-state index contributed by atoms with van der Waals surface area (Å²) >= 11 is 0. The number of fused-ring (bicyclic) bond motifs is 4. The van der Waals surface area contributed by atoms with E-state index in [4.69, 9.17) is 9.47 Å². The van der Waals surface area contributed by atoms with Crippen LogP contribution in [-0.4, -0.2) is 58.5 Å². The number of anilines is 3. The van der Waals surface area contributed by atoms with Gasteiger partial charge >= 0.3 is 18.2 Å². The van der Waals surface area contributed by atoms with Crippen LogP contribution in [0.3, 0.4) is 0 Å². The van der Waals surface area contributed by atoms with Crippen molar-refractivity contribution in [2.75, 3.05) is 36.9 Å². The van der Waals surface area contributed by atoms with E-state index in [-0.39, 0.29) is 44.7 Å². The maximum atomic E-state index is 11.7. The molecule has 1 aliphatic heterocycles. The maximum Gasteiger partial charge on any atom is 0.407 e. The highest BCUT2D eigenvalue weighted by molar-refractivity contribution is 5.68. The Morgan fingerprint density at radius 1 is 0.893 bits per heavy atom. The minimum absolute atomic E-state index is 0.0658. The zero-order valence-corrected chi connectivity index (χ0v) is 14.8. The number of nitrogens with zero attached hydrogens (tertiary/aromatic N) is 3. The third kappa shape index (κ3) is 5.86. The second-order valence-corrected chi connectivity index (χ2v) is 5.59. The Hall–Kier alpha value is -3.83. The average molecular weight is 389 g/mol. The number of aromatic hydroxyl groups is 1. The first-order valence-electron chi connectivity index (χ1n) is 8.44. The molecule has 0 saturated carbocycles. The van der Waals surface area contributed by atoms with Gasteiger partial charge in [-0.1, -0.05) is 12.1 Å². The van der Waals surface area contributed by atoms with Crippen LogP contribution in [0.4, 0.5) is 27.2 Å². The van der Waals surface area contributed by atoms with Crippen molar-refractivity contribution >= 4 is 29.8 Å². The second-order valence-electron chi connectivity index (χ2n) is 5.59. The van der Waals surface area contributed by atoms with E-state index < -0.39 is 18.2 Å². The van der Waals surface area contributed by atoms with Crippen molar-refractivity contribution in [2.45, 2.75) is 6.54 Å². The molecule has 12 heteroatoms. The van der Waals surface area contributed by atoms with Crippen LogP contribution in [0.15, 0.2) is 24.3 Å². The summed E-state index contributed by atoms with van der Waals surface area (Å²) < 4.78 is 9.81. The summed E-state index contributed by atoms with van der Waals surface area (Å²) in [6.45, 7) is 0.593. The number of hydrogen-bond donors (Lipinski definition) is 5. The van der Waals surface area contributed by atoms with E-state index in [0.29, 0.717) is 5.69 Å². The summed E-state index contributed by atoms with van der Waals surface area (Å²) in [7, 11) is 0. The molecule has 1 aromatic heterocycles. The van der Waals surface area contributed by atoms with Crippen molar-refractivity contribution in [3.63, 3.8) is 0 Å². The molecule has 0 saturated heterocycles. The number of rotatable bonds is 0. The van der Waals surface area contributed by atoms with Gasteiger partial charge in [0.25, 0.3) is 0 Å². The average Bonchev–Trinajstić information content (AvgIpc) is 2.66. The van der Waals surface area contributed by atoms with Gasteiger partial charge in [-0.3, -0.25) is 0 Å². The van der Waals surface area contributed by atoms with Crippen molar-refractivity contribution in [3.8, 4) is 6.01 Å². The molecule has 2 heterocycles. The van der Waals surface area contributed by atoms with Gasteiger partial charge in [-0.25, -0.2) is 9.59 Å². The van der Waals surface area contributed by atoms with Gasteiger partial charge < -0.3 is 35.8 Å². The van der Waals surface area contributed by atoms with Gasteiger partial charge in [0.15, 0.2) is 0 Å². The fraction of sp³-hybridized carbons (Fsp3) is 0.312. The smallest absolute Gasteiger partial charge is 0.407 e. The van der Waals surface area contributed by atoms with Gasteiger partial charge in [-0.2, -0.15) is 15.0 Å². The summed E-state index contributed by atoms with van der Waals surface area (Å²) in [5, 5.41) is 20.6. The number of benzene rings is 1. The Labute approximate surface area is 159 Å². The minimum atomic E-state index is -0.652. The Morgan fingerprint density at radius 3 is 2.43 bits per heavy atom. The minimum Gasteiger partial charge on any atom is -0.479 e. The number of nitrogens with one attached hydrogen (secondary N) is 4. The van der Waals surface area contributed by atoms with E-state index in [1.165, 1.54) is 0 Å². The molecular weight excluding hydrogens is 370 g/mol. The first-order chi connectivity index (χ1) is 13.6. The summed E-state index contributed by atoms with van der Waals surface area (Å²) in [5.41, 5.74) is 1.45. The highest BCUT2D eigenvalue weighted by atomic mass is 16.6. The fourth-order valence-electron chi connectivity index (χ4n) is 2.27. The second kappa shape index (κ2) is 9.21. The first-order valence-corrected chi connectivity index (χ1v) is 8.44. The number of hydrogen-bond acceptors (Lipinski definition) is 10. The number of aromatic nitrogens is 3. The predicted molar refractivity (Wildman–Crippen MR) is 97.2 cm³/mol. The van der Waals surface area contributed by atoms with E-state index in [2.05, 4.69) is 36.2 Å². The molecule has 12 nitrogen and oxygen atoms in total. The largest absolute Gasteiger partial charge is 0.479 e. The highest BCUT2D eigenvalue weighted by Gasteiger charge is 2.09. The lowest BCUT2D eigenvalue weighted by Crippen LogP contribution is -2.31. The van der Waals surface area contributed by atoms with Crippen molar-refractivity contribution in [1.82, 2.24) is 25.6 Å². The van der Waals surface area contributed by atoms with E-state index in [0.717, 1.165) is 5.56 Å². The summed E-state index contributed by atoms with van der Waals surface area (Å²) in [6.07, 6.45) is -1.28. The number of alkyl carbamates (subject to hydrolysis) is 2. The monoisotopic (exact) mass is 389 g/mol. The summed E-state index contributed by atoms with van der Waals surface area (Å²) in [5.74, 6) is 0.268. The van der Waals surface area contributed by atoms with Crippen LogP contribution in [0, 0.1) is 0 Å². The van der Waals surface area contributed by atoms with Crippen LogP contribution in [-0.2, 0) is 16.0 Å². The molecule has 28 heavy (non-hydrogen) atoms. The molecule has 1 aromatic carbocycles. The number of carbonyl (C=O) groups is 2. The van der Waals surface area contributed by atoms with Gasteiger partial charge in [0.1, 0.15) is 13.2 Å². The Balaban J connectivity index is 1.76. The topological polar surface area (TPSA) is 160 Å². The molecule has 0 radical (unpaired) electrons. The zero-order valence-electron chi connectivity index (χ0n) is 14.8. The maximum absolute atomic E-state index is 11.7.